The van der Waals surface area contributed by atoms with Crippen LogP contribution in [0.1, 0.15) is 31.2 Å². The average Bonchev–Trinajstić information content (AvgIpc) is 2.79. The Hall–Kier alpha value is -2.78. The first-order chi connectivity index (χ1) is 14.5. The molecule has 1 atom stereocenters. The first-order valence-corrected chi connectivity index (χ1v) is 11.4. The van der Waals surface area contributed by atoms with Gasteiger partial charge in [-0.25, -0.2) is 8.42 Å². The lowest BCUT2D eigenvalue weighted by Gasteiger charge is -2.34. The third-order valence-corrected chi connectivity index (χ3v) is 7.03. The van der Waals surface area contributed by atoms with Crippen LogP contribution < -0.4 is 10.6 Å². The molecule has 1 aromatic carbocycles. The van der Waals surface area contributed by atoms with Crippen molar-refractivity contribution in [2.75, 3.05) is 13.1 Å². The zero-order chi connectivity index (χ0) is 21.4. The van der Waals surface area contributed by atoms with Gasteiger partial charge in [-0.3, -0.25) is 14.6 Å². The van der Waals surface area contributed by atoms with Gasteiger partial charge < -0.3 is 10.6 Å². The molecule has 0 radical (unpaired) electrons. The largest absolute Gasteiger partial charge is 0.348 e. The number of nitrogens with one attached hydrogen (secondary N) is 2. The van der Waals surface area contributed by atoms with Crippen LogP contribution in [0.3, 0.4) is 0 Å². The van der Waals surface area contributed by atoms with E-state index in [1.165, 1.54) is 4.31 Å². The summed E-state index contributed by atoms with van der Waals surface area (Å²) in [6, 6.07) is 11.7. The maximum absolute atomic E-state index is 13.0. The van der Waals surface area contributed by atoms with Crippen molar-refractivity contribution in [2.45, 2.75) is 43.2 Å². The molecule has 2 amide bonds. The van der Waals surface area contributed by atoms with E-state index in [1.54, 1.807) is 54.9 Å². The van der Waals surface area contributed by atoms with Crippen molar-refractivity contribution < 1.29 is 18.0 Å². The van der Waals surface area contributed by atoms with Crippen LogP contribution in [-0.2, 0) is 26.2 Å². The monoisotopic (exact) mass is 430 g/mol. The molecule has 2 N–H and O–H groups in total. The molecule has 1 fully saturated rings. The summed E-state index contributed by atoms with van der Waals surface area (Å²) in [6.45, 7) is 0.901. The lowest BCUT2D eigenvalue weighted by atomic mass is 10.0. The summed E-state index contributed by atoms with van der Waals surface area (Å²) < 4.78 is 27.5. The number of carbonyl (C=O) groups is 2. The Morgan fingerprint density at radius 2 is 1.80 bits per heavy atom. The van der Waals surface area contributed by atoms with E-state index in [1.807, 2.05) is 0 Å². The van der Waals surface area contributed by atoms with E-state index >= 15 is 0 Å². The smallest absolute Gasteiger partial charge is 0.309 e. The SMILES string of the molecule is O=C(NCC[C@H]1CCCCN1S(=O)(=O)c1ccccc1)C(=O)NCc1cccnc1. The number of nitrogens with zero attached hydrogens (tertiary/aromatic N) is 2. The van der Waals surface area contributed by atoms with Gasteiger partial charge in [-0.15, -0.1) is 0 Å². The molecule has 160 valence electrons. The van der Waals surface area contributed by atoms with Crippen molar-refractivity contribution >= 4 is 21.8 Å². The molecule has 2 heterocycles. The molecule has 1 aromatic heterocycles. The van der Waals surface area contributed by atoms with Crippen molar-refractivity contribution in [3.05, 3.63) is 60.4 Å². The van der Waals surface area contributed by atoms with Crippen molar-refractivity contribution in [3.63, 3.8) is 0 Å². The molecular formula is C21H26N4O4S. The second-order valence-corrected chi connectivity index (χ2v) is 9.06. The van der Waals surface area contributed by atoms with Gasteiger partial charge in [0.2, 0.25) is 10.0 Å². The average molecular weight is 431 g/mol. The third kappa shape index (κ3) is 5.64. The molecule has 8 nitrogen and oxygen atoms in total. The van der Waals surface area contributed by atoms with Gasteiger partial charge in [-0.1, -0.05) is 30.7 Å². The highest BCUT2D eigenvalue weighted by molar-refractivity contribution is 7.89. The standard InChI is InChI=1S/C21H26N4O4S/c26-20(21(27)24-16-17-7-6-12-22-15-17)23-13-11-18-8-4-5-14-25(18)30(28,29)19-9-2-1-3-10-19/h1-3,6-7,9-10,12,15,18H,4-5,8,11,13-14,16H2,(H,23,26)(H,24,27)/t18-/m1/s1. The summed E-state index contributed by atoms with van der Waals surface area (Å²) in [5, 5.41) is 5.13. The summed E-state index contributed by atoms with van der Waals surface area (Å²) in [6.07, 6.45) is 6.17. The molecule has 0 unspecified atom stereocenters. The fraction of sp³-hybridized carbons (Fsp3) is 0.381. The molecule has 1 saturated heterocycles. The van der Waals surface area contributed by atoms with Crippen molar-refractivity contribution in [2.24, 2.45) is 0 Å². The molecule has 9 heteroatoms. The van der Waals surface area contributed by atoms with Gasteiger partial charge in [-0.2, -0.15) is 4.31 Å². The number of benzene rings is 1. The molecule has 0 spiro atoms. The van der Waals surface area contributed by atoms with Crippen molar-refractivity contribution in [1.82, 2.24) is 19.9 Å². The van der Waals surface area contributed by atoms with Gasteiger partial charge in [-0.05, 0) is 43.0 Å². The predicted molar refractivity (Wildman–Crippen MR) is 112 cm³/mol. The minimum absolute atomic E-state index is 0.206. The number of amides is 2. The first kappa shape index (κ1) is 21.9. The molecular weight excluding hydrogens is 404 g/mol. The minimum Gasteiger partial charge on any atom is -0.348 e. The lowest BCUT2D eigenvalue weighted by molar-refractivity contribution is -0.139. The number of hydrogen-bond donors (Lipinski definition) is 2. The Morgan fingerprint density at radius 1 is 1.03 bits per heavy atom. The Bertz CT molecular complexity index is 951. The van der Waals surface area contributed by atoms with E-state index in [0.29, 0.717) is 13.0 Å². The second-order valence-electron chi connectivity index (χ2n) is 7.17. The van der Waals surface area contributed by atoms with Crippen LogP contribution in [0.2, 0.25) is 0 Å². The fourth-order valence-corrected chi connectivity index (χ4v) is 5.25. The molecule has 30 heavy (non-hydrogen) atoms. The van der Waals surface area contributed by atoms with Crippen LogP contribution in [0.5, 0.6) is 0 Å². The first-order valence-electron chi connectivity index (χ1n) is 10.0. The molecule has 1 aliphatic heterocycles. The maximum atomic E-state index is 13.0. The van der Waals surface area contributed by atoms with Crippen molar-refractivity contribution in [3.8, 4) is 0 Å². The minimum atomic E-state index is -3.58. The molecule has 0 bridgehead atoms. The van der Waals surface area contributed by atoms with E-state index in [-0.39, 0.29) is 24.0 Å². The summed E-state index contributed by atoms with van der Waals surface area (Å²) in [7, 11) is -3.58. The molecule has 2 aromatic rings. The number of pyridine rings is 1. The number of piperidine rings is 1. The highest BCUT2D eigenvalue weighted by Gasteiger charge is 2.33. The normalized spacial score (nSPS) is 17.3. The molecule has 0 aliphatic carbocycles. The second kappa shape index (κ2) is 10.3. The van der Waals surface area contributed by atoms with Crippen LogP contribution in [0.4, 0.5) is 0 Å². The van der Waals surface area contributed by atoms with E-state index in [9.17, 15) is 18.0 Å². The Kier molecular flexibility index (Phi) is 7.53. The van der Waals surface area contributed by atoms with E-state index in [0.717, 1.165) is 24.8 Å². The lowest BCUT2D eigenvalue weighted by Crippen LogP contribution is -2.46. The molecule has 0 saturated carbocycles. The topological polar surface area (TPSA) is 108 Å². The van der Waals surface area contributed by atoms with Crippen LogP contribution in [0.25, 0.3) is 0 Å². The number of carbonyl (C=O) groups excluding carboxylic acids is 2. The highest BCUT2D eigenvalue weighted by Crippen LogP contribution is 2.26. The van der Waals surface area contributed by atoms with Crippen LogP contribution >= 0.6 is 0 Å². The summed E-state index contributed by atoms with van der Waals surface area (Å²) >= 11 is 0. The number of rotatable bonds is 7. The highest BCUT2D eigenvalue weighted by atomic mass is 32.2. The number of aromatic nitrogens is 1. The van der Waals surface area contributed by atoms with Gasteiger partial charge in [0.25, 0.3) is 0 Å². The molecule has 1 aliphatic rings. The maximum Gasteiger partial charge on any atom is 0.309 e. The van der Waals surface area contributed by atoms with E-state index in [2.05, 4.69) is 15.6 Å². The third-order valence-electron chi connectivity index (χ3n) is 5.07. The number of hydrogen-bond acceptors (Lipinski definition) is 5. The fourth-order valence-electron chi connectivity index (χ4n) is 3.50. The van der Waals surface area contributed by atoms with Gasteiger partial charge in [0.15, 0.2) is 0 Å². The molecule has 3 rings (SSSR count). The van der Waals surface area contributed by atoms with Crippen molar-refractivity contribution in [1.29, 1.82) is 0 Å². The van der Waals surface area contributed by atoms with Crippen LogP contribution in [-0.4, -0.2) is 48.7 Å². The summed E-state index contributed by atoms with van der Waals surface area (Å²) in [5.74, 6) is -1.46. The van der Waals surface area contributed by atoms with Gasteiger partial charge >= 0.3 is 11.8 Å². The Labute approximate surface area is 176 Å². The van der Waals surface area contributed by atoms with Gasteiger partial charge in [0.05, 0.1) is 4.90 Å². The summed E-state index contributed by atoms with van der Waals surface area (Å²) in [4.78, 5) is 28.2. The van der Waals surface area contributed by atoms with Gasteiger partial charge in [0, 0.05) is 38.1 Å². The zero-order valence-electron chi connectivity index (χ0n) is 16.7. The van der Waals surface area contributed by atoms with Gasteiger partial charge in [0.1, 0.15) is 0 Å². The predicted octanol–water partition coefficient (Wildman–Crippen LogP) is 1.45. The Balaban J connectivity index is 1.51. The number of sulfonamides is 1. The van der Waals surface area contributed by atoms with E-state index < -0.39 is 21.8 Å². The van der Waals surface area contributed by atoms with E-state index in [4.69, 9.17) is 0 Å². The van der Waals surface area contributed by atoms with Crippen LogP contribution in [0, 0.1) is 0 Å². The zero-order valence-corrected chi connectivity index (χ0v) is 17.5. The van der Waals surface area contributed by atoms with Crippen LogP contribution in [0.15, 0.2) is 59.8 Å². The Morgan fingerprint density at radius 3 is 2.53 bits per heavy atom. The quantitative estimate of drug-likeness (QED) is 0.647. The summed E-state index contributed by atoms with van der Waals surface area (Å²) in [5.41, 5.74) is 0.794.